The third-order valence-corrected chi connectivity index (χ3v) is 5.44. The largest absolute Gasteiger partial charge is 0.370 e. The zero-order chi connectivity index (χ0) is 24.3. The van der Waals surface area contributed by atoms with Crippen molar-refractivity contribution in [2.24, 2.45) is 5.73 Å². The number of nitrogens with two attached hydrogens (primary N) is 1. The molecule has 33 heavy (non-hydrogen) atoms. The highest BCUT2D eigenvalue weighted by atomic mass is 32.1. The summed E-state index contributed by atoms with van der Waals surface area (Å²) in [5.74, 6) is -11.4. The molecule has 0 aliphatic heterocycles. The van der Waals surface area contributed by atoms with E-state index in [9.17, 15) is 31.5 Å². The number of urea groups is 1. The molecule has 0 bridgehead atoms. The van der Waals surface area contributed by atoms with Gasteiger partial charge < -0.3 is 5.73 Å². The molecule has 7 nitrogen and oxygen atoms in total. The van der Waals surface area contributed by atoms with Crippen LogP contribution < -0.4 is 16.0 Å². The van der Waals surface area contributed by atoms with Crippen molar-refractivity contribution in [1.82, 2.24) is 10.2 Å². The first-order valence-electron chi connectivity index (χ1n) is 9.10. The maximum Gasteiger partial charge on any atom is 0.328 e. The first-order valence-corrected chi connectivity index (χ1v) is 10.3. The second-order valence-corrected chi connectivity index (χ2v) is 8.24. The van der Waals surface area contributed by atoms with E-state index in [0.29, 0.717) is 5.56 Å². The fraction of sp³-hybridized carbons (Fsp3) is 0.158. The maximum atomic E-state index is 14.4. The fourth-order valence-corrected chi connectivity index (χ4v) is 3.68. The van der Waals surface area contributed by atoms with Crippen LogP contribution >= 0.6 is 23.6 Å². The summed E-state index contributed by atoms with van der Waals surface area (Å²) >= 11 is 5.76. The third kappa shape index (κ3) is 5.34. The Hall–Kier alpha value is -3.39. The summed E-state index contributed by atoms with van der Waals surface area (Å²) in [4.78, 5) is 25.0. The van der Waals surface area contributed by atoms with Gasteiger partial charge in [0.2, 0.25) is 16.9 Å². The van der Waals surface area contributed by atoms with Gasteiger partial charge in [0.15, 0.2) is 27.2 Å². The van der Waals surface area contributed by atoms with E-state index in [4.69, 9.17) is 18.0 Å². The Morgan fingerprint density at radius 3 is 2.24 bits per heavy atom. The van der Waals surface area contributed by atoms with Gasteiger partial charge in [-0.1, -0.05) is 29.5 Å². The smallest absolute Gasteiger partial charge is 0.328 e. The van der Waals surface area contributed by atoms with Gasteiger partial charge in [-0.25, -0.2) is 26.7 Å². The number of primary amides is 1. The predicted molar refractivity (Wildman–Crippen MR) is 113 cm³/mol. The second kappa shape index (κ2) is 10.0. The van der Waals surface area contributed by atoms with E-state index >= 15 is 0 Å². The highest BCUT2D eigenvalue weighted by Gasteiger charge is 2.29. The van der Waals surface area contributed by atoms with Gasteiger partial charge in [0, 0.05) is 17.7 Å². The van der Waals surface area contributed by atoms with Crippen molar-refractivity contribution < 1.29 is 31.5 Å². The number of carbonyl (C=O) groups excluding carboxylic acids is 2. The number of aromatic amines is 1. The maximum absolute atomic E-state index is 14.4. The number of rotatable bonds is 7. The average molecular weight is 503 g/mol. The number of nitrogens with one attached hydrogen (secondary N) is 2. The van der Waals surface area contributed by atoms with Crippen LogP contribution in [0.4, 0.5) is 37.6 Å². The molecule has 3 aromatic rings. The lowest BCUT2D eigenvalue weighted by atomic mass is 10.1. The molecule has 1 heterocycles. The summed E-state index contributed by atoms with van der Waals surface area (Å²) in [6, 6.07) is 4.97. The summed E-state index contributed by atoms with van der Waals surface area (Å²) < 4.78 is 69.9. The number of nitrogens with zero attached hydrogens (tertiary/aromatic N) is 2. The number of halogens is 5. The van der Waals surface area contributed by atoms with E-state index in [1.807, 2.05) is 0 Å². The van der Waals surface area contributed by atoms with Gasteiger partial charge >= 0.3 is 6.03 Å². The van der Waals surface area contributed by atoms with Crippen molar-refractivity contribution in [2.45, 2.75) is 19.4 Å². The Kier molecular flexibility index (Phi) is 7.38. The molecule has 3 rings (SSSR count). The van der Waals surface area contributed by atoms with E-state index < -0.39 is 53.1 Å². The summed E-state index contributed by atoms with van der Waals surface area (Å²) in [5, 5.41) is 8.52. The summed E-state index contributed by atoms with van der Waals surface area (Å²) in [5.41, 5.74) is 4.37. The Morgan fingerprint density at radius 1 is 1.06 bits per heavy atom. The van der Waals surface area contributed by atoms with Crippen LogP contribution in [-0.2, 0) is 17.8 Å². The quantitative estimate of drug-likeness (QED) is 0.190. The minimum absolute atomic E-state index is 0.00188. The first-order chi connectivity index (χ1) is 15.6. The minimum atomic E-state index is -2.32. The van der Waals surface area contributed by atoms with E-state index in [1.54, 1.807) is 6.07 Å². The third-order valence-electron chi connectivity index (χ3n) is 4.44. The molecule has 0 saturated carbocycles. The normalized spacial score (nSPS) is 10.8. The van der Waals surface area contributed by atoms with Crippen LogP contribution in [-0.4, -0.2) is 22.1 Å². The van der Waals surface area contributed by atoms with Crippen LogP contribution in [0.5, 0.6) is 0 Å². The van der Waals surface area contributed by atoms with Gasteiger partial charge in [0.05, 0.1) is 6.54 Å². The number of amides is 3. The molecule has 4 N–H and O–H groups in total. The van der Waals surface area contributed by atoms with Gasteiger partial charge in [-0.3, -0.25) is 20.1 Å². The summed E-state index contributed by atoms with van der Waals surface area (Å²) in [6.07, 6.45) is -0.0660. The highest BCUT2D eigenvalue weighted by molar-refractivity contribution is 7.73. The lowest BCUT2D eigenvalue weighted by Crippen LogP contribution is -2.36. The molecule has 174 valence electrons. The fourth-order valence-electron chi connectivity index (χ4n) is 2.90. The molecular formula is C19H14F5N5O2S2. The number of aromatic nitrogens is 2. The lowest BCUT2D eigenvalue weighted by molar-refractivity contribution is -0.117. The number of aryl methyl sites for hydroxylation is 1. The number of anilines is 2. The van der Waals surface area contributed by atoms with Crippen LogP contribution in [0.25, 0.3) is 0 Å². The number of para-hydroxylation sites is 1. The van der Waals surface area contributed by atoms with Gasteiger partial charge in [-0.15, -0.1) is 5.10 Å². The van der Waals surface area contributed by atoms with Crippen molar-refractivity contribution in [1.29, 1.82) is 0 Å². The van der Waals surface area contributed by atoms with Gasteiger partial charge in [0.1, 0.15) is 0 Å². The van der Waals surface area contributed by atoms with Crippen molar-refractivity contribution in [2.75, 3.05) is 10.2 Å². The SMILES string of the molecule is NC(=O)CCc1ccccc1N(Cc1c(F)c(F)c(F)c(F)c1F)C(=O)Nc1n[nH]c(=S)s1. The van der Waals surface area contributed by atoms with Crippen molar-refractivity contribution >= 4 is 46.3 Å². The molecule has 0 saturated heterocycles. The molecule has 0 fully saturated rings. The minimum Gasteiger partial charge on any atom is -0.370 e. The van der Waals surface area contributed by atoms with E-state index in [0.717, 1.165) is 16.2 Å². The molecule has 2 aromatic carbocycles. The van der Waals surface area contributed by atoms with Crippen LogP contribution in [0, 0.1) is 33.0 Å². The average Bonchev–Trinajstić information content (AvgIpc) is 3.19. The monoisotopic (exact) mass is 503 g/mol. The number of benzene rings is 2. The molecule has 0 radical (unpaired) electrons. The molecular weight excluding hydrogens is 489 g/mol. The molecule has 3 amide bonds. The molecule has 14 heteroatoms. The van der Waals surface area contributed by atoms with E-state index in [2.05, 4.69) is 15.5 Å². The van der Waals surface area contributed by atoms with Crippen LogP contribution in [0.2, 0.25) is 0 Å². The molecule has 0 aliphatic rings. The van der Waals surface area contributed by atoms with Crippen LogP contribution in [0.1, 0.15) is 17.5 Å². The molecule has 0 atom stereocenters. The van der Waals surface area contributed by atoms with Crippen molar-refractivity contribution in [3.05, 3.63) is 68.4 Å². The zero-order valence-corrected chi connectivity index (χ0v) is 18.1. The number of H-pyrrole nitrogens is 1. The van der Waals surface area contributed by atoms with Crippen LogP contribution in [0.3, 0.4) is 0 Å². The number of hydrogen-bond acceptors (Lipinski definition) is 5. The molecule has 1 aromatic heterocycles. The standard InChI is InChI=1S/C19H14F5N5O2S2/c20-12-9(13(21)15(23)16(24)14(12)22)7-29(18(31)26-17-27-28-19(32)33-17)10-4-2-1-3-8(10)5-6-11(25)30/h1-4H,5-7H2,(H2,25,30)(H,28,32)(H,26,27,31). The molecule has 0 spiro atoms. The second-order valence-electron chi connectivity index (χ2n) is 6.58. The molecule has 0 unspecified atom stereocenters. The van der Waals surface area contributed by atoms with Crippen molar-refractivity contribution in [3.63, 3.8) is 0 Å². The van der Waals surface area contributed by atoms with E-state index in [1.165, 1.54) is 18.2 Å². The zero-order valence-electron chi connectivity index (χ0n) is 16.4. The highest BCUT2D eigenvalue weighted by Crippen LogP contribution is 2.29. The van der Waals surface area contributed by atoms with Gasteiger partial charge in [-0.2, -0.15) is 0 Å². The Balaban J connectivity index is 2.09. The lowest BCUT2D eigenvalue weighted by Gasteiger charge is -2.26. The number of hydrogen-bond donors (Lipinski definition) is 3. The van der Waals surface area contributed by atoms with Gasteiger partial charge in [-0.05, 0) is 30.3 Å². The van der Waals surface area contributed by atoms with Crippen LogP contribution in [0.15, 0.2) is 24.3 Å². The van der Waals surface area contributed by atoms with Crippen molar-refractivity contribution in [3.8, 4) is 0 Å². The van der Waals surface area contributed by atoms with Gasteiger partial charge in [0.25, 0.3) is 0 Å². The number of carbonyl (C=O) groups is 2. The van der Waals surface area contributed by atoms with E-state index in [-0.39, 0.29) is 27.6 Å². The Bertz CT molecular complexity index is 1250. The molecule has 0 aliphatic carbocycles. The first kappa shape index (κ1) is 24.3. The Labute approximate surface area is 192 Å². The predicted octanol–water partition coefficient (Wildman–Crippen LogP) is 4.55. The Morgan fingerprint density at radius 2 is 1.67 bits per heavy atom. The summed E-state index contributed by atoms with van der Waals surface area (Å²) in [6.45, 7) is -1.03. The topological polar surface area (TPSA) is 104 Å². The summed E-state index contributed by atoms with van der Waals surface area (Å²) in [7, 11) is 0.